The lowest BCUT2D eigenvalue weighted by Crippen LogP contribution is -2.49. The Morgan fingerprint density at radius 1 is 1.31 bits per heavy atom. The summed E-state index contributed by atoms with van der Waals surface area (Å²) >= 11 is 5.30. The Balaban J connectivity index is 2.40. The first kappa shape index (κ1) is 13.3. The lowest BCUT2D eigenvalue weighted by atomic mass is 9.78. The molecule has 0 aromatic rings. The fraction of sp³-hybridized carbons (Fsp3) is 0.818. The molecule has 5 heteroatoms. The molecule has 1 rings (SSSR count). The van der Waals surface area contributed by atoms with Gasteiger partial charge in [-0.3, -0.25) is 10.1 Å². The molecule has 1 aliphatic carbocycles. The van der Waals surface area contributed by atoms with Crippen molar-refractivity contribution in [3.8, 4) is 0 Å². The molecule has 92 valence electrons. The number of carbonyl (C=O) groups excluding carboxylic acids is 2. The molecule has 3 amide bonds. The molecule has 0 aromatic heterocycles. The maximum atomic E-state index is 11.4. The molecule has 1 fully saturated rings. The van der Waals surface area contributed by atoms with Crippen LogP contribution in [-0.2, 0) is 4.79 Å². The van der Waals surface area contributed by atoms with Gasteiger partial charge in [-0.05, 0) is 18.3 Å². The third-order valence-corrected chi connectivity index (χ3v) is 3.64. The fourth-order valence-corrected chi connectivity index (χ4v) is 2.22. The van der Waals surface area contributed by atoms with Gasteiger partial charge in [-0.1, -0.05) is 26.7 Å². The standard InChI is InChI=1S/C11H19ClN2O2/c1-7-4-3-5-9(8(7)2)13-11(16)14-10(15)6-12/h7-9H,3-6H2,1-2H3,(H2,13,14,15,16)/t7-,8+,9+/m1/s1. The number of halogens is 1. The van der Waals surface area contributed by atoms with Crippen LogP contribution >= 0.6 is 11.6 Å². The van der Waals surface area contributed by atoms with E-state index in [1.807, 2.05) is 0 Å². The highest BCUT2D eigenvalue weighted by Gasteiger charge is 2.28. The summed E-state index contributed by atoms with van der Waals surface area (Å²) in [4.78, 5) is 22.3. The Hall–Kier alpha value is -0.770. The molecule has 4 nitrogen and oxygen atoms in total. The third-order valence-electron chi connectivity index (χ3n) is 3.40. The van der Waals surface area contributed by atoms with Gasteiger partial charge in [0.15, 0.2) is 0 Å². The van der Waals surface area contributed by atoms with Gasteiger partial charge in [0, 0.05) is 6.04 Å². The number of imide groups is 1. The van der Waals surface area contributed by atoms with Crippen molar-refractivity contribution in [3.05, 3.63) is 0 Å². The summed E-state index contributed by atoms with van der Waals surface area (Å²) in [5.74, 6) is 0.411. The summed E-state index contributed by atoms with van der Waals surface area (Å²) in [5, 5.41) is 5.03. The van der Waals surface area contributed by atoms with E-state index in [0.29, 0.717) is 11.8 Å². The van der Waals surface area contributed by atoms with Crippen molar-refractivity contribution >= 4 is 23.5 Å². The van der Waals surface area contributed by atoms with E-state index in [1.165, 1.54) is 6.42 Å². The van der Waals surface area contributed by atoms with E-state index in [4.69, 9.17) is 11.6 Å². The van der Waals surface area contributed by atoms with Gasteiger partial charge in [0.25, 0.3) is 0 Å². The molecule has 3 atom stereocenters. The lowest BCUT2D eigenvalue weighted by molar-refractivity contribution is -0.117. The molecule has 0 heterocycles. The number of nitrogens with one attached hydrogen (secondary N) is 2. The van der Waals surface area contributed by atoms with Crippen LogP contribution in [0, 0.1) is 11.8 Å². The minimum atomic E-state index is -0.462. The molecule has 0 aromatic carbocycles. The Labute approximate surface area is 101 Å². The topological polar surface area (TPSA) is 58.2 Å². The molecular formula is C11H19ClN2O2. The zero-order valence-corrected chi connectivity index (χ0v) is 10.5. The van der Waals surface area contributed by atoms with Gasteiger partial charge in [0.05, 0.1) is 0 Å². The molecule has 16 heavy (non-hydrogen) atoms. The van der Waals surface area contributed by atoms with Crippen LogP contribution in [0.4, 0.5) is 4.79 Å². The molecule has 1 aliphatic rings. The number of rotatable bonds is 2. The molecule has 0 aliphatic heterocycles. The van der Waals surface area contributed by atoms with Crippen LogP contribution in [-0.4, -0.2) is 23.9 Å². The van der Waals surface area contributed by atoms with E-state index in [9.17, 15) is 9.59 Å². The maximum absolute atomic E-state index is 11.4. The molecule has 0 spiro atoms. The summed E-state index contributed by atoms with van der Waals surface area (Å²) < 4.78 is 0. The minimum Gasteiger partial charge on any atom is -0.335 e. The Bertz CT molecular complexity index is 271. The highest BCUT2D eigenvalue weighted by molar-refractivity contribution is 6.28. The Morgan fingerprint density at radius 2 is 2.00 bits per heavy atom. The van der Waals surface area contributed by atoms with Crippen molar-refractivity contribution in [2.24, 2.45) is 11.8 Å². The predicted octanol–water partition coefficient (Wildman–Crippen LogP) is 1.88. The predicted molar refractivity (Wildman–Crippen MR) is 63.4 cm³/mol. The van der Waals surface area contributed by atoms with Crippen LogP contribution in [0.2, 0.25) is 0 Å². The number of hydrogen-bond acceptors (Lipinski definition) is 2. The van der Waals surface area contributed by atoms with E-state index in [1.54, 1.807) is 0 Å². The number of hydrogen-bond donors (Lipinski definition) is 2. The van der Waals surface area contributed by atoms with Crippen molar-refractivity contribution in [1.29, 1.82) is 0 Å². The average Bonchev–Trinajstić information content (AvgIpc) is 2.24. The number of amides is 3. The highest BCUT2D eigenvalue weighted by atomic mass is 35.5. The zero-order valence-electron chi connectivity index (χ0n) is 9.75. The van der Waals surface area contributed by atoms with E-state index in [2.05, 4.69) is 24.5 Å². The summed E-state index contributed by atoms with van der Waals surface area (Å²) in [6.45, 7) is 4.33. The first-order valence-corrected chi connectivity index (χ1v) is 6.24. The number of carbonyl (C=O) groups is 2. The largest absolute Gasteiger partial charge is 0.335 e. The summed E-state index contributed by atoms with van der Waals surface area (Å²) in [6.07, 6.45) is 3.31. The second kappa shape index (κ2) is 6.09. The average molecular weight is 247 g/mol. The first-order valence-electron chi connectivity index (χ1n) is 5.71. The first-order chi connectivity index (χ1) is 7.54. The van der Waals surface area contributed by atoms with Crippen LogP contribution in [0.5, 0.6) is 0 Å². The molecule has 0 bridgehead atoms. The summed E-state index contributed by atoms with van der Waals surface area (Å²) in [5.41, 5.74) is 0. The van der Waals surface area contributed by atoms with Gasteiger partial charge in [-0.15, -0.1) is 11.6 Å². The van der Waals surface area contributed by atoms with Gasteiger partial charge in [0.2, 0.25) is 5.91 Å². The monoisotopic (exact) mass is 246 g/mol. The Kier molecular flexibility index (Phi) is 5.06. The summed E-state index contributed by atoms with van der Waals surface area (Å²) in [7, 11) is 0. The Morgan fingerprint density at radius 3 is 2.62 bits per heavy atom. The molecule has 0 unspecified atom stereocenters. The second-order valence-corrected chi connectivity index (χ2v) is 4.80. The van der Waals surface area contributed by atoms with Crippen molar-refractivity contribution in [1.82, 2.24) is 10.6 Å². The SMILES string of the molecule is C[C@H]1[C@H](C)CCC[C@@H]1NC(=O)NC(=O)CCl. The van der Waals surface area contributed by atoms with Crippen molar-refractivity contribution < 1.29 is 9.59 Å². The van der Waals surface area contributed by atoms with Crippen molar-refractivity contribution in [2.45, 2.75) is 39.2 Å². The normalized spacial score (nSPS) is 29.6. The van der Waals surface area contributed by atoms with Gasteiger partial charge in [-0.25, -0.2) is 4.79 Å². The van der Waals surface area contributed by atoms with Crippen LogP contribution in [0.15, 0.2) is 0 Å². The number of urea groups is 1. The van der Waals surface area contributed by atoms with Crippen molar-refractivity contribution in [3.63, 3.8) is 0 Å². The van der Waals surface area contributed by atoms with Gasteiger partial charge < -0.3 is 5.32 Å². The van der Waals surface area contributed by atoms with E-state index < -0.39 is 11.9 Å². The zero-order chi connectivity index (χ0) is 12.1. The van der Waals surface area contributed by atoms with Gasteiger partial charge in [0.1, 0.15) is 5.88 Å². The lowest BCUT2D eigenvalue weighted by Gasteiger charge is -2.34. The molecule has 1 saturated carbocycles. The van der Waals surface area contributed by atoms with E-state index in [0.717, 1.165) is 12.8 Å². The van der Waals surface area contributed by atoms with Crippen LogP contribution in [0.25, 0.3) is 0 Å². The minimum absolute atomic E-state index is 0.159. The molecule has 2 N–H and O–H groups in total. The van der Waals surface area contributed by atoms with Crippen LogP contribution < -0.4 is 10.6 Å². The number of alkyl halides is 1. The van der Waals surface area contributed by atoms with Crippen LogP contribution in [0.1, 0.15) is 33.1 Å². The molecule has 0 radical (unpaired) electrons. The fourth-order valence-electron chi connectivity index (χ4n) is 2.15. The van der Waals surface area contributed by atoms with E-state index >= 15 is 0 Å². The summed E-state index contributed by atoms with van der Waals surface area (Å²) in [6, 6.07) is -0.275. The molecular weight excluding hydrogens is 228 g/mol. The van der Waals surface area contributed by atoms with E-state index in [-0.39, 0.29) is 11.9 Å². The van der Waals surface area contributed by atoms with Gasteiger partial charge >= 0.3 is 6.03 Å². The third kappa shape index (κ3) is 3.67. The molecule has 0 saturated heterocycles. The van der Waals surface area contributed by atoms with Crippen molar-refractivity contribution in [2.75, 3.05) is 5.88 Å². The van der Waals surface area contributed by atoms with Crippen LogP contribution in [0.3, 0.4) is 0 Å². The van der Waals surface area contributed by atoms with Gasteiger partial charge in [-0.2, -0.15) is 0 Å². The quantitative estimate of drug-likeness (QED) is 0.731. The smallest absolute Gasteiger partial charge is 0.321 e. The maximum Gasteiger partial charge on any atom is 0.321 e. The highest BCUT2D eigenvalue weighted by Crippen LogP contribution is 2.29. The second-order valence-electron chi connectivity index (χ2n) is 4.53.